The lowest BCUT2D eigenvalue weighted by Crippen LogP contribution is -2.26. The summed E-state index contributed by atoms with van der Waals surface area (Å²) in [6, 6.07) is 7.76. The Morgan fingerprint density at radius 1 is 1.25 bits per heavy atom. The molecule has 1 fully saturated rings. The molecule has 0 spiro atoms. The predicted octanol–water partition coefficient (Wildman–Crippen LogP) is 2.43. The lowest BCUT2D eigenvalue weighted by molar-refractivity contribution is -0.120. The number of ketones is 1. The van der Waals surface area contributed by atoms with Gasteiger partial charge in [-0.25, -0.2) is 9.97 Å². The Bertz CT molecular complexity index is 695. The predicted molar refractivity (Wildman–Crippen MR) is 75.1 cm³/mol. The summed E-state index contributed by atoms with van der Waals surface area (Å²) in [4.78, 5) is 19.8. The van der Waals surface area contributed by atoms with E-state index in [1.54, 1.807) is 12.1 Å². The van der Waals surface area contributed by atoms with E-state index in [9.17, 15) is 4.79 Å². The molecule has 0 saturated heterocycles. The number of anilines is 1. The summed E-state index contributed by atoms with van der Waals surface area (Å²) in [5.41, 5.74) is 1.41. The standard InChI is InChI=1S/C15H14N4O/c16-8-10-1-6-14-13(7-10)15(18-9-17-14)19-11-2-4-12(20)5-3-11/h1,6-7,9,11H,2-5H2,(H,17,18,19). The molecule has 0 bridgehead atoms. The summed E-state index contributed by atoms with van der Waals surface area (Å²) in [5.74, 6) is 1.08. The van der Waals surface area contributed by atoms with Crippen LogP contribution in [0.3, 0.4) is 0 Å². The molecule has 0 unspecified atom stereocenters. The number of nitriles is 1. The number of nitrogens with zero attached hydrogens (tertiary/aromatic N) is 3. The van der Waals surface area contributed by atoms with Crippen molar-refractivity contribution in [2.45, 2.75) is 31.7 Å². The maximum Gasteiger partial charge on any atom is 0.137 e. The SMILES string of the molecule is N#Cc1ccc2ncnc(NC3CCC(=O)CC3)c2c1. The molecule has 100 valence electrons. The number of hydrogen-bond donors (Lipinski definition) is 1. The van der Waals surface area contributed by atoms with Gasteiger partial charge in [0.2, 0.25) is 0 Å². The number of aromatic nitrogens is 2. The average molecular weight is 266 g/mol. The topological polar surface area (TPSA) is 78.7 Å². The number of hydrogen-bond acceptors (Lipinski definition) is 5. The monoisotopic (exact) mass is 266 g/mol. The molecule has 1 aliphatic carbocycles. The van der Waals surface area contributed by atoms with Crippen LogP contribution in [0.1, 0.15) is 31.2 Å². The van der Waals surface area contributed by atoms with Crippen molar-refractivity contribution >= 4 is 22.5 Å². The van der Waals surface area contributed by atoms with Crippen LogP contribution in [0.5, 0.6) is 0 Å². The number of fused-ring (bicyclic) bond motifs is 1. The third kappa shape index (κ3) is 2.45. The maximum atomic E-state index is 11.3. The molecule has 0 radical (unpaired) electrons. The first-order chi connectivity index (χ1) is 9.76. The minimum Gasteiger partial charge on any atom is -0.367 e. The average Bonchev–Trinajstić information content (AvgIpc) is 2.49. The fourth-order valence-electron chi connectivity index (χ4n) is 2.52. The van der Waals surface area contributed by atoms with E-state index in [1.165, 1.54) is 6.33 Å². The maximum absolute atomic E-state index is 11.3. The minimum atomic E-state index is 0.261. The number of Topliss-reactive ketones (excluding diaryl/α,β-unsaturated/α-hetero) is 1. The van der Waals surface area contributed by atoms with E-state index >= 15 is 0 Å². The highest BCUT2D eigenvalue weighted by Gasteiger charge is 2.19. The third-order valence-corrected chi connectivity index (χ3v) is 3.65. The molecular formula is C15H14N4O. The van der Waals surface area contributed by atoms with Crippen LogP contribution in [-0.4, -0.2) is 21.8 Å². The molecule has 0 amide bonds. The molecular weight excluding hydrogens is 252 g/mol. The molecule has 1 aliphatic rings. The Kier molecular flexibility index (Phi) is 3.30. The number of carbonyl (C=O) groups excluding carboxylic acids is 1. The first-order valence-corrected chi connectivity index (χ1v) is 6.69. The van der Waals surface area contributed by atoms with E-state index in [0.717, 1.165) is 29.6 Å². The van der Waals surface area contributed by atoms with Crippen LogP contribution in [0.2, 0.25) is 0 Å². The van der Waals surface area contributed by atoms with Crippen LogP contribution < -0.4 is 5.32 Å². The summed E-state index contributed by atoms with van der Waals surface area (Å²) >= 11 is 0. The van der Waals surface area contributed by atoms with Gasteiger partial charge in [-0.2, -0.15) is 5.26 Å². The van der Waals surface area contributed by atoms with E-state index in [1.807, 2.05) is 6.07 Å². The smallest absolute Gasteiger partial charge is 0.137 e. The molecule has 1 N–H and O–H groups in total. The highest BCUT2D eigenvalue weighted by Crippen LogP contribution is 2.24. The fourth-order valence-corrected chi connectivity index (χ4v) is 2.52. The third-order valence-electron chi connectivity index (χ3n) is 3.65. The van der Waals surface area contributed by atoms with Gasteiger partial charge in [0.25, 0.3) is 0 Å². The first kappa shape index (κ1) is 12.5. The van der Waals surface area contributed by atoms with Gasteiger partial charge >= 0.3 is 0 Å². The number of nitrogens with one attached hydrogen (secondary N) is 1. The van der Waals surface area contributed by atoms with Gasteiger partial charge in [0.1, 0.15) is 17.9 Å². The van der Waals surface area contributed by atoms with Crippen molar-refractivity contribution < 1.29 is 4.79 Å². The van der Waals surface area contributed by atoms with Crippen LogP contribution in [-0.2, 0) is 4.79 Å². The van der Waals surface area contributed by atoms with Gasteiger partial charge in [0, 0.05) is 24.3 Å². The van der Waals surface area contributed by atoms with Crippen molar-refractivity contribution in [3.8, 4) is 6.07 Å². The Balaban J connectivity index is 1.91. The zero-order valence-corrected chi connectivity index (χ0v) is 11.0. The first-order valence-electron chi connectivity index (χ1n) is 6.69. The lowest BCUT2D eigenvalue weighted by atomic mass is 9.94. The summed E-state index contributed by atoms with van der Waals surface area (Å²) < 4.78 is 0. The summed E-state index contributed by atoms with van der Waals surface area (Å²) in [6.45, 7) is 0. The second-order valence-electron chi connectivity index (χ2n) is 5.02. The Labute approximate surface area is 116 Å². The molecule has 20 heavy (non-hydrogen) atoms. The number of carbonyl (C=O) groups is 1. The minimum absolute atomic E-state index is 0.261. The zero-order chi connectivity index (χ0) is 13.9. The van der Waals surface area contributed by atoms with Gasteiger partial charge in [-0.15, -0.1) is 0 Å². The van der Waals surface area contributed by atoms with E-state index in [4.69, 9.17) is 5.26 Å². The lowest BCUT2D eigenvalue weighted by Gasteiger charge is -2.23. The second kappa shape index (κ2) is 5.25. The Hall–Kier alpha value is -2.48. The number of rotatable bonds is 2. The van der Waals surface area contributed by atoms with Crippen molar-refractivity contribution in [2.24, 2.45) is 0 Å². The summed E-state index contributed by atoms with van der Waals surface area (Å²) in [7, 11) is 0. The van der Waals surface area contributed by atoms with Crippen molar-refractivity contribution in [3.05, 3.63) is 30.1 Å². The molecule has 2 aromatic rings. The normalized spacial score (nSPS) is 16.1. The quantitative estimate of drug-likeness (QED) is 0.903. The van der Waals surface area contributed by atoms with Gasteiger partial charge in [0.05, 0.1) is 17.1 Å². The van der Waals surface area contributed by atoms with Crippen LogP contribution in [0.15, 0.2) is 24.5 Å². The molecule has 1 heterocycles. The Morgan fingerprint density at radius 3 is 2.80 bits per heavy atom. The molecule has 5 nitrogen and oxygen atoms in total. The molecule has 5 heteroatoms. The van der Waals surface area contributed by atoms with E-state index in [0.29, 0.717) is 24.2 Å². The van der Waals surface area contributed by atoms with Gasteiger partial charge in [-0.3, -0.25) is 4.79 Å². The molecule has 1 aromatic heterocycles. The highest BCUT2D eigenvalue weighted by atomic mass is 16.1. The van der Waals surface area contributed by atoms with Crippen LogP contribution in [0.25, 0.3) is 10.9 Å². The van der Waals surface area contributed by atoms with Crippen molar-refractivity contribution in [1.82, 2.24) is 9.97 Å². The van der Waals surface area contributed by atoms with E-state index in [-0.39, 0.29) is 6.04 Å². The summed E-state index contributed by atoms with van der Waals surface area (Å²) in [6.07, 6.45) is 4.45. The number of benzene rings is 1. The van der Waals surface area contributed by atoms with Gasteiger partial charge in [0.15, 0.2) is 0 Å². The molecule has 0 aliphatic heterocycles. The summed E-state index contributed by atoms with van der Waals surface area (Å²) in [5, 5.41) is 13.2. The van der Waals surface area contributed by atoms with E-state index < -0.39 is 0 Å². The fraction of sp³-hybridized carbons (Fsp3) is 0.333. The molecule has 0 atom stereocenters. The van der Waals surface area contributed by atoms with Gasteiger partial charge in [-0.1, -0.05) is 0 Å². The zero-order valence-electron chi connectivity index (χ0n) is 11.0. The molecule has 3 rings (SSSR count). The highest BCUT2D eigenvalue weighted by molar-refractivity contribution is 5.90. The van der Waals surface area contributed by atoms with Gasteiger partial charge in [-0.05, 0) is 31.0 Å². The van der Waals surface area contributed by atoms with Crippen LogP contribution in [0.4, 0.5) is 5.82 Å². The van der Waals surface area contributed by atoms with E-state index in [2.05, 4.69) is 21.4 Å². The van der Waals surface area contributed by atoms with Crippen LogP contribution >= 0.6 is 0 Å². The van der Waals surface area contributed by atoms with Gasteiger partial charge < -0.3 is 5.32 Å². The van der Waals surface area contributed by atoms with Crippen molar-refractivity contribution in [2.75, 3.05) is 5.32 Å². The largest absolute Gasteiger partial charge is 0.367 e. The molecule has 1 aromatic carbocycles. The second-order valence-corrected chi connectivity index (χ2v) is 5.02. The van der Waals surface area contributed by atoms with Crippen molar-refractivity contribution in [1.29, 1.82) is 5.26 Å². The molecule has 1 saturated carbocycles. The van der Waals surface area contributed by atoms with Crippen molar-refractivity contribution in [3.63, 3.8) is 0 Å². The Morgan fingerprint density at radius 2 is 2.05 bits per heavy atom. The van der Waals surface area contributed by atoms with Crippen LogP contribution in [0, 0.1) is 11.3 Å².